The molecule has 0 spiro atoms. The fourth-order valence-corrected chi connectivity index (χ4v) is 2.71. The van der Waals surface area contributed by atoms with Gasteiger partial charge < -0.3 is 19.4 Å². The Labute approximate surface area is 164 Å². The van der Waals surface area contributed by atoms with E-state index >= 15 is 0 Å². The van der Waals surface area contributed by atoms with Crippen molar-refractivity contribution in [2.75, 3.05) is 33.9 Å². The van der Waals surface area contributed by atoms with E-state index < -0.39 is 0 Å². The van der Waals surface area contributed by atoms with Crippen molar-refractivity contribution in [1.82, 2.24) is 15.2 Å². The topological polar surface area (TPSA) is 62.9 Å². The molecule has 0 bridgehead atoms. The van der Waals surface area contributed by atoms with Crippen molar-refractivity contribution in [2.24, 2.45) is 4.99 Å². The van der Waals surface area contributed by atoms with E-state index in [0.29, 0.717) is 13.2 Å². The lowest BCUT2D eigenvalue weighted by molar-refractivity contribution is 0.207. The van der Waals surface area contributed by atoms with E-state index in [1.807, 2.05) is 26.1 Å². The maximum Gasteiger partial charge on any atom is 0.194 e. The molecule has 0 saturated carbocycles. The molecule has 24 heavy (non-hydrogen) atoms. The third-order valence-corrected chi connectivity index (χ3v) is 4.04. The van der Waals surface area contributed by atoms with Gasteiger partial charge in [0.05, 0.1) is 36.7 Å². The second kappa shape index (κ2) is 11.4. The number of hydrogen-bond donors (Lipinski definition) is 1. The Morgan fingerprint density at radius 2 is 2.33 bits per heavy atom. The van der Waals surface area contributed by atoms with Crippen LogP contribution in [0.2, 0.25) is 0 Å². The van der Waals surface area contributed by atoms with Crippen LogP contribution in [0.1, 0.15) is 16.5 Å². The molecular weight excluding hydrogens is 439 g/mol. The number of aryl methyl sites for hydroxylation is 1. The molecule has 0 amide bonds. The van der Waals surface area contributed by atoms with Crippen molar-refractivity contribution in [3.63, 3.8) is 0 Å². The quantitative estimate of drug-likeness (QED) is 0.282. The number of aromatic nitrogens is 1. The van der Waals surface area contributed by atoms with E-state index in [9.17, 15) is 0 Å². The van der Waals surface area contributed by atoms with E-state index in [0.717, 1.165) is 41.9 Å². The van der Waals surface area contributed by atoms with Gasteiger partial charge in [0, 0.05) is 32.5 Å². The van der Waals surface area contributed by atoms with E-state index in [1.54, 1.807) is 24.7 Å². The molecule has 2 aromatic heterocycles. The molecule has 0 radical (unpaired) electrons. The van der Waals surface area contributed by atoms with Crippen LogP contribution in [-0.4, -0.2) is 49.7 Å². The lowest BCUT2D eigenvalue weighted by Crippen LogP contribution is -2.39. The van der Waals surface area contributed by atoms with Gasteiger partial charge in [-0.05, 0) is 19.1 Å². The first-order valence-electron chi connectivity index (χ1n) is 7.61. The Bertz CT molecular complexity index is 601. The van der Waals surface area contributed by atoms with Gasteiger partial charge in [0.15, 0.2) is 5.96 Å². The molecule has 2 aromatic rings. The van der Waals surface area contributed by atoms with Crippen molar-refractivity contribution in [2.45, 2.75) is 19.9 Å². The van der Waals surface area contributed by atoms with E-state index in [2.05, 4.69) is 25.6 Å². The van der Waals surface area contributed by atoms with Crippen molar-refractivity contribution >= 4 is 41.3 Å². The van der Waals surface area contributed by atoms with Crippen LogP contribution in [0.3, 0.4) is 0 Å². The Hall–Kier alpha value is -1.13. The van der Waals surface area contributed by atoms with Gasteiger partial charge >= 0.3 is 0 Å². The smallest absolute Gasteiger partial charge is 0.194 e. The largest absolute Gasteiger partial charge is 0.469 e. The molecule has 6 nitrogen and oxygen atoms in total. The summed E-state index contributed by atoms with van der Waals surface area (Å²) in [4.78, 5) is 11.2. The molecule has 8 heteroatoms. The SMILES string of the molecule is COCCN=C(NCCc1ccco1)N(C)Cc1csc(C)n1.I. The Kier molecular flexibility index (Phi) is 9.96. The third kappa shape index (κ3) is 7.18. The number of thiazole rings is 1. The number of aliphatic imine (C=N–C) groups is 1. The van der Waals surface area contributed by atoms with Crippen LogP contribution >= 0.6 is 35.3 Å². The highest BCUT2D eigenvalue weighted by molar-refractivity contribution is 14.0. The van der Waals surface area contributed by atoms with Crippen LogP contribution in [0, 0.1) is 6.92 Å². The molecule has 134 valence electrons. The van der Waals surface area contributed by atoms with Crippen molar-refractivity contribution < 1.29 is 9.15 Å². The monoisotopic (exact) mass is 464 g/mol. The normalized spacial score (nSPS) is 11.2. The zero-order valence-corrected chi connectivity index (χ0v) is 17.5. The molecule has 0 atom stereocenters. The number of hydrogen-bond acceptors (Lipinski definition) is 5. The average molecular weight is 464 g/mol. The second-order valence-electron chi connectivity index (χ2n) is 5.17. The number of guanidine groups is 1. The summed E-state index contributed by atoms with van der Waals surface area (Å²) in [7, 11) is 3.70. The van der Waals surface area contributed by atoms with Crippen LogP contribution in [0.25, 0.3) is 0 Å². The molecule has 0 aliphatic rings. The number of furan rings is 1. The first kappa shape index (κ1) is 20.9. The van der Waals surface area contributed by atoms with Crippen LogP contribution in [-0.2, 0) is 17.7 Å². The van der Waals surface area contributed by atoms with Crippen LogP contribution in [0.5, 0.6) is 0 Å². The van der Waals surface area contributed by atoms with Gasteiger partial charge in [-0.15, -0.1) is 35.3 Å². The van der Waals surface area contributed by atoms with Gasteiger partial charge in [-0.3, -0.25) is 4.99 Å². The minimum Gasteiger partial charge on any atom is -0.469 e. The summed E-state index contributed by atoms with van der Waals surface area (Å²) in [6, 6.07) is 3.88. The highest BCUT2D eigenvalue weighted by Crippen LogP contribution is 2.09. The number of halogens is 1. The molecule has 0 aliphatic heterocycles. The third-order valence-electron chi connectivity index (χ3n) is 3.22. The second-order valence-corrected chi connectivity index (χ2v) is 6.23. The molecule has 0 aliphatic carbocycles. The number of methoxy groups -OCH3 is 1. The van der Waals surface area contributed by atoms with Crippen molar-refractivity contribution in [3.8, 4) is 0 Å². The maximum absolute atomic E-state index is 5.35. The van der Waals surface area contributed by atoms with Crippen LogP contribution < -0.4 is 5.32 Å². The molecule has 2 heterocycles. The lowest BCUT2D eigenvalue weighted by Gasteiger charge is -2.21. The number of rotatable bonds is 8. The predicted octanol–water partition coefficient (Wildman–Crippen LogP) is 2.93. The first-order chi connectivity index (χ1) is 11.2. The zero-order chi connectivity index (χ0) is 16.5. The Balaban J connectivity index is 0.00000288. The minimum atomic E-state index is 0. The standard InChI is InChI=1S/C16H24N4O2S.HI/c1-13-19-14(12-23-13)11-20(2)16(18-8-10-21-3)17-7-6-15-5-4-9-22-15;/h4-5,9,12H,6-8,10-11H2,1-3H3,(H,17,18);1H. The molecule has 2 rings (SSSR count). The van der Waals surface area contributed by atoms with Gasteiger partial charge in [-0.2, -0.15) is 0 Å². The summed E-state index contributed by atoms with van der Waals surface area (Å²) in [5, 5.41) is 6.55. The summed E-state index contributed by atoms with van der Waals surface area (Å²) in [6.07, 6.45) is 2.51. The molecule has 0 saturated heterocycles. The predicted molar refractivity (Wildman–Crippen MR) is 108 cm³/mol. The summed E-state index contributed by atoms with van der Waals surface area (Å²) in [5.41, 5.74) is 1.06. The van der Waals surface area contributed by atoms with E-state index in [4.69, 9.17) is 9.15 Å². The first-order valence-corrected chi connectivity index (χ1v) is 8.49. The molecule has 0 aromatic carbocycles. The van der Waals surface area contributed by atoms with Crippen LogP contribution in [0.4, 0.5) is 0 Å². The fourth-order valence-electron chi connectivity index (χ4n) is 2.11. The van der Waals surface area contributed by atoms with Gasteiger partial charge in [0.1, 0.15) is 5.76 Å². The number of nitrogens with zero attached hydrogens (tertiary/aromatic N) is 3. The lowest BCUT2D eigenvalue weighted by atomic mass is 10.3. The number of ether oxygens (including phenoxy) is 1. The van der Waals surface area contributed by atoms with Crippen LogP contribution in [0.15, 0.2) is 33.2 Å². The highest BCUT2D eigenvalue weighted by Gasteiger charge is 2.09. The maximum atomic E-state index is 5.35. The Morgan fingerprint density at radius 1 is 1.50 bits per heavy atom. The fraction of sp³-hybridized carbons (Fsp3) is 0.500. The average Bonchev–Trinajstić information content (AvgIpc) is 3.17. The summed E-state index contributed by atoms with van der Waals surface area (Å²) in [6.45, 7) is 4.74. The minimum absolute atomic E-state index is 0. The zero-order valence-electron chi connectivity index (χ0n) is 14.3. The molecular formula is C16H25IN4O2S. The molecule has 0 fully saturated rings. The van der Waals surface area contributed by atoms with E-state index in [1.165, 1.54) is 0 Å². The molecule has 0 unspecified atom stereocenters. The van der Waals surface area contributed by atoms with Gasteiger partial charge in [-0.25, -0.2) is 4.98 Å². The summed E-state index contributed by atoms with van der Waals surface area (Å²) < 4.78 is 10.4. The van der Waals surface area contributed by atoms with E-state index in [-0.39, 0.29) is 24.0 Å². The summed E-state index contributed by atoms with van der Waals surface area (Å²) in [5.74, 6) is 1.81. The van der Waals surface area contributed by atoms with Gasteiger partial charge in [-0.1, -0.05) is 0 Å². The highest BCUT2D eigenvalue weighted by atomic mass is 127. The van der Waals surface area contributed by atoms with Gasteiger partial charge in [0.2, 0.25) is 0 Å². The van der Waals surface area contributed by atoms with Crippen molar-refractivity contribution in [3.05, 3.63) is 40.2 Å². The molecule has 1 N–H and O–H groups in total. The Morgan fingerprint density at radius 3 is 2.96 bits per heavy atom. The van der Waals surface area contributed by atoms with Crippen molar-refractivity contribution in [1.29, 1.82) is 0 Å². The number of nitrogens with one attached hydrogen (secondary N) is 1. The van der Waals surface area contributed by atoms with Gasteiger partial charge in [0.25, 0.3) is 0 Å². The summed E-state index contributed by atoms with van der Waals surface area (Å²) >= 11 is 1.67.